The zero-order valence-electron chi connectivity index (χ0n) is 10.3. The molecule has 0 N–H and O–H groups in total. The van der Waals surface area contributed by atoms with Crippen molar-refractivity contribution >= 4 is 16.9 Å². The summed E-state index contributed by atoms with van der Waals surface area (Å²) in [6.07, 6.45) is 0. The first-order chi connectivity index (χ1) is 8.77. The molecule has 0 amide bonds. The Balaban J connectivity index is 2.17. The molecular formula is C13H15N3O2. The minimum Gasteiger partial charge on any atom is -0.378 e. The van der Waals surface area contributed by atoms with Gasteiger partial charge in [-0.3, -0.25) is 4.79 Å². The molecule has 1 aliphatic heterocycles. The molecule has 0 atom stereocenters. The summed E-state index contributed by atoms with van der Waals surface area (Å²) in [6, 6.07) is 7.69. The van der Waals surface area contributed by atoms with Crippen molar-refractivity contribution in [3.63, 3.8) is 0 Å². The second-order valence-electron chi connectivity index (χ2n) is 4.39. The lowest BCUT2D eigenvalue weighted by Gasteiger charge is -2.27. The normalized spacial score (nSPS) is 16.2. The van der Waals surface area contributed by atoms with Gasteiger partial charge in [0.25, 0.3) is 5.56 Å². The monoisotopic (exact) mass is 245 g/mol. The number of para-hydroxylation sites is 2. The molecule has 2 aromatic rings. The summed E-state index contributed by atoms with van der Waals surface area (Å²) in [7, 11) is 1.79. The highest BCUT2D eigenvalue weighted by atomic mass is 16.5. The molecule has 1 fully saturated rings. The van der Waals surface area contributed by atoms with Crippen LogP contribution in [0.25, 0.3) is 11.0 Å². The molecule has 5 heteroatoms. The summed E-state index contributed by atoms with van der Waals surface area (Å²) in [5.41, 5.74) is 1.66. The number of fused-ring (bicyclic) bond motifs is 1. The second-order valence-corrected chi connectivity index (χ2v) is 4.39. The average Bonchev–Trinajstić information content (AvgIpc) is 2.44. The smallest absolute Gasteiger partial charge is 0.293 e. The van der Waals surface area contributed by atoms with Gasteiger partial charge in [0.05, 0.1) is 24.2 Å². The van der Waals surface area contributed by atoms with Gasteiger partial charge in [0.2, 0.25) is 0 Å². The number of benzene rings is 1. The lowest BCUT2D eigenvalue weighted by atomic mass is 10.3. The number of nitrogens with zero attached hydrogens (tertiary/aromatic N) is 3. The Kier molecular flexibility index (Phi) is 2.76. The third-order valence-electron chi connectivity index (χ3n) is 3.28. The predicted octanol–water partition coefficient (Wildman–Crippen LogP) is 0.770. The van der Waals surface area contributed by atoms with Crippen LogP contribution >= 0.6 is 0 Å². The maximum absolute atomic E-state index is 12.3. The van der Waals surface area contributed by atoms with Crippen LogP contribution in [0.15, 0.2) is 29.1 Å². The second kappa shape index (κ2) is 4.42. The van der Waals surface area contributed by atoms with Crippen molar-refractivity contribution in [1.29, 1.82) is 0 Å². The van der Waals surface area contributed by atoms with Crippen LogP contribution in [0.2, 0.25) is 0 Å². The third-order valence-corrected chi connectivity index (χ3v) is 3.28. The number of morpholine rings is 1. The Labute approximate surface area is 105 Å². The quantitative estimate of drug-likeness (QED) is 0.744. The first kappa shape index (κ1) is 11.2. The molecule has 0 bridgehead atoms. The van der Waals surface area contributed by atoms with Gasteiger partial charge in [0, 0.05) is 20.1 Å². The number of aryl methyl sites for hydroxylation is 1. The molecule has 0 unspecified atom stereocenters. The van der Waals surface area contributed by atoms with E-state index in [2.05, 4.69) is 4.98 Å². The fourth-order valence-corrected chi connectivity index (χ4v) is 2.24. The molecule has 5 nitrogen and oxygen atoms in total. The maximum Gasteiger partial charge on any atom is 0.293 e. The number of aromatic nitrogens is 2. The number of anilines is 1. The summed E-state index contributed by atoms with van der Waals surface area (Å²) in [5, 5.41) is 0. The van der Waals surface area contributed by atoms with Crippen molar-refractivity contribution in [2.75, 3.05) is 31.2 Å². The van der Waals surface area contributed by atoms with Crippen molar-refractivity contribution in [2.45, 2.75) is 0 Å². The van der Waals surface area contributed by atoms with Gasteiger partial charge in [-0.05, 0) is 12.1 Å². The fraction of sp³-hybridized carbons (Fsp3) is 0.385. The van der Waals surface area contributed by atoms with Gasteiger partial charge in [-0.25, -0.2) is 4.98 Å². The highest BCUT2D eigenvalue weighted by Crippen LogP contribution is 2.14. The highest BCUT2D eigenvalue weighted by molar-refractivity contribution is 5.76. The number of hydrogen-bond donors (Lipinski definition) is 0. The summed E-state index contributed by atoms with van der Waals surface area (Å²) in [4.78, 5) is 18.8. The first-order valence-corrected chi connectivity index (χ1v) is 6.06. The summed E-state index contributed by atoms with van der Waals surface area (Å²) >= 11 is 0. The Hall–Kier alpha value is -1.88. The fourth-order valence-electron chi connectivity index (χ4n) is 2.24. The lowest BCUT2D eigenvalue weighted by molar-refractivity contribution is 0.122. The molecule has 1 aromatic heterocycles. The zero-order valence-corrected chi connectivity index (χ0v) is 10.3. The Bertz CT molecular complexity index is 630. The number of hydrogen-bond acceptors (Lipinski definition) is 4. The van der Waals surface area contributed by atoms with Gasteiger partial charge < -0.3 is 14.2 Å². The number of ether oxygens (including phenoxy) is 1. The standard InChI is InChI=1S/C13H15N3O2/c1-15-11-5-3-2-4-10(11)14-12(13(15)17)16-6-8-18-9-7-16/h2-5H,6-9H2,1H3. The van der Waals surface area contributed by atoms with Crippen molar-refractivity contribution in [3.8, 4) is 0 Å². The van der Waals surface area contributed by atoms with Gasteiger partial charge in [-0.15, -0.1) is 0 Å². The third kappa shape index (κ3) is 1.76. The van der Waals surface area contributed by atoms with Gasteiger partial charge in [0.15, 0.2) is 5.82 Å². The number of rotatable bonds is 1. The van der Waals surface area contributed by atoms with Gasteiger partial charge in [-0.2, -0.15) is 0 Å². The van der Waals surface area contributed by atoms with Crippen LogP contribution in [0.1, 0.15) is 0 Å². The molecule has 0 aliphatic carbocycles. The molecular weight excluding hydrogens is 230 g/mol. The SMILES string of the molecule is Cn1c(=O)c(N2CCOCC2)nc2ccccc21. The average molecular weight is 245 g/mol. The summed E-state index contributed by atoms with van der Waals surface area (Å²) in [5.74, 6) is 0.527. The Morgan fingerprint density at radius 2 is 1.94 bits per heavy atom. The maximum atomic E-state index is 12.3. The van der Waals surface area contributed by atoms with E-state index in [0.717, 1.165) is 24.1 Å². The van der Waals surface area contributed by atoms with E-state index in [4.69, 9.17) is 4.74 Å². The largest absolute Gasteiger partial charge is 0.378 e. The van der Waals surface area contributed by atoms with Crippen molar-refractivity contribution in [3.05, 3.63) is 34.6 Å². The minimum atomic E-state index is -0.0457. The van der Waals surface area contributed by atoms with Crippen LogP contribution in [0.4, 0.5) is 5.82 Å². The van der Waals surface area contributed by atoms with Gasteiger partial charge in [-0.1, -0.05) is 12.1 Å². The van der Waals surface area contributed by atoms with E-state index in [1.807, 2.05) is 29.2 Å². The first-order valence-electron chi connectivity index (χ1n) is 6.06. The van der Waals surface area contributed by atoms with Crippen molar-refractivity contribution < 1.29 is 4.74 Å². The molecule has 0 radical (unpaired) electrons. The molecule has 2 heterocycles. The molecule has 3 rings (SSSR count). The minimum absolute atomic E-state index is 0.0457. The van der Waals surface area contributed by atoms with E-state index in [-0.39, 0.29) is 5.56 Å². The van der Waals surface area contributed by atoms with Crippen molar-refractivity contribution in [1.82, 2.24) is 9.55 Å². The molecule has 94 valence electrons. The molecule has 0 saturated carbocycles. The van der Waals surface area contributed by atoms with Crippen LogP contribution in [-0.4, -0.2) is 35.9 Å². The molecule has 18 heavy (non-hydrogen) atoms. The van der Waals surface area contributed by atoms with E-state index < -0.39 is 0 Å². The topological polar surface area (TPSA) is 47.4 Å². The summed E-state index contributed by atoms with van der Waals surface area (Å²) in [6.45, 7) is 2.75. The zero-order chi connectivity index (χ0) is 12.5. The van der Waals surface area contributed by atoms with E-state index in [9.17, 15) is 4.79 Å². The molecule has 1 aliphatic rings. The van der Waals surface area contributed by atoms with E-state index in [1.54, 1.807) is 11.6 Å². The summed E-state index contributed by atoms with van der Waals surface area (Å²) < 4.78 is 6.96. The molecule has 1 aromatic carbocycles. The van der Waals surface area contributed by atoms with Crippen LogP contribution in [0.3, 0.4) is 0 Å². The van der Waals surface area contributed by atoms with Crippen LogP contribution in [0.5, 0.6) is 0 Å². The van der Waals surface area contributed by atoms with Crippen molar-refractivity contribution in [2.24, 2.45) is 7.05 Å². The molecule has 1 saturated heterocycles. The van der Waals surface area contributed by atoms with E-state index in [0.29, 0.717) is 19.0 Å². The van der Waals surface area contributed by atoms with Gasteiger partial charge in [0.1, 0.15) is 0 Å². The van der Waals surface area contributed by atoms with E-state index >= 15 is 0 Å². The van der Waals surface area contributed by atoms with Crippen LogP contribution in [-0.2, 0) is 11.8 Å². The van der Waals surface area contributed by atoms with Crippen LogP contribution < -0.4 is 10.5 Å². The van der Waals surface area contributed by atoms with E-state index in [1.165, 1.54) is 0 Å². The lowest BCUT2D eigenvalue weighted by Crippen LogP contribution is -2.41. The molecule has 0 spiro atoms. The highest BCUT2D eigenvalue weighted by Gasteiger charge is 2.17. The predicted molar refractivity (Wildman–Crippen MR) is 70.0 cm³/mol. The Morgan fingerprint density at radius 1 is 1.22 bits per heavy atom. The van der Waals surface area contributed by atoms with Crippen LogP contribution in [0, 0.1) is 0 Å². The Morgan fingerprint density at radius 3 is 2.72 bits per heavy atom. The van der Waals surface area contributed by atoms with Gasteiger partial charge >= 0.3 is 0 Å².